The molecule has 0 radical (unpaired) electrons. The van der Waals surface area contributed by atoms with Gasteiger partial charge < -0.3 is 19.3 Å². The van der Waals surface area contributed by atoms with Crippen molar-refractivity contribution in [2.75, 3.05) is 59.5 Å². The fourth-order valence-corrected chi connectivity index (χ4v) is 4.71. The minimum absolute atomic E-state index is 0.0526. The molecule has 1 atom stereocenters. The van der Waals surface area contributed by atoms with Gasteiger partial charge in [-0.2, -0.15) is 0 Å². The molecule has 4 rings (SSSR count). The van der Waals surface area contributed by atoms with Crippen LogP contribution in [0.2, 0.25) is 0 Å². The van der Waals surface area contributed by atoms with Crippen LogP contribution in [0.5, 0.6) is 5.75 Å². The van der Waals surface area contributed by atoms with E-state index < -0.39 is 0 Å². The highest BCUT2D eigenvalue weighted by atomic mass is 16.5. The van der Waals surface area contributed by atoms with E-state index in [0.717, 1.165) is 64.3 Å². The second-order valence-electron chi connectivity index (χ2n) is 9.17. The number of ether oxygens (including phenoxy) is 2. The third-order valence-corrected chi connectivity index (χ3v) is 6.84. The molecule has 7 nitrogen and oxygen atoms in total. The van der Waals surface area contributed by atoms with E-state index in [2.05, 4.69) is 4.90 Å². The van der Waals surface area contributed by atoms with Crippen molar-refractivity contribution in [3.05, 3.63) is 29.8 Å². The Morgan fingerprint density at radius 1 is 1.17 bits per heavy atom. The molecule has 3 aliphatic rings. The number of carbonyl (C=O) groups excluding carboxylic acids is 2. The molecular weight excluding hydrogens is 382 g/mol. The van der Waals surface area contributed by atoms with Crippen molar-refractivity contribution in [1.29, 1.82) is 0 Å². The van der Waals surface area contributed by atoms with E-state index in [9.17, 15) is 9.59 Å². The molecule has 30 heavy (non-hydrogen) atoms. The lowest BCUT2D eigenvalue weighted by molar-refractivity contribution is -0.136. The Bertz CT molecular complexity index is 758. The average molecular weight is 416 g/mol. The zero-order chi connectivity index (χ0) is 21.1. The highest BCUT2D eigenvalue weighted by Crippen LogP contribution is 2.42. The molecule has 3 saturated heterocycles. The molecule has 7 heteroatoms. The summed E-state index contributed by atoms with van der Waals surface area (Å²) in [5.41, 5.74) is 1.35. The van der Waals surface area contributed by atoms with E-state index >= 15 is 0 Å². The molecule has 3 fully saturated rings. The van der Waals surface area contributed by atoms with Gasteiger partial charge in [-0.05, 0) is 43.7 Å². The number of likely N-dealkylation sites (N-methyl/N-ethyl adjacent to an activating group) is 1. The molecule has 0 N–H and O–H groups in total. The number of benzene rings is 1. The van der Waals surface area contributed by atoms with Crippen molar-refractivity contribution in [3.8, 4) is 5.75 Å². The van der Waals surface area contributed by atoms with E-state index in [-0.39, 0.29) is 29.9 Å². The molecule has 0 bridgehead atoms. The number of aryl methyl sites for hydroxylation is 1. The second-order valence-corrected chi connectivity index (χ2v) is 9.17. The fraction of sp³-hybridized carbons (Fsp3) is 0.652. The topological polar surface area (TPSA) is 62.3 Å². The van der Waals surface area contributed by atoms with Crippen molar-refractivity contribution in [3.63, 3.8) is 0 Å². The Hall–Kier alpha value is -2.12. The molecule has 1 spiro atoms. The lowest BCUT2D eigenvalue weighted by atomic mass is 9.76. The molecule has 3 heterocycles. The third-order valence-electron chi connectivity index (χ3n) is 6.84. The van der Waals surface area contributed by atoms with Crippen LogP contribution in [0.1, 0.15) is 24.8 Å². The van der Waals surface area contributed by atoms with Gasteiger partial charge in [-0.1, -0.05) is 17.7 Å². The predicted octanol–water partition coefficient (Wildman–Crippen LogP) is 1.55. The molecular formula is C23H33N3O4. The Balaban J connectivity index is 1.20. The van der Waals surface area contributed by atoms with Crippen molar-refractivity contribution in [2.24, 2.45) is 5.41 Å². The van der Waals surface area contributed by atoms with Crippen LogP contribution in [0, 0.1) is 12.3 Å². The highest BCUT2D eigenvalue weighted by Gasteiger charge is 2.43. The first kappa shape index (κ1) is 21.1. The Kier molecular flexibility index (Phi) is 6.29. The second kappa shape index (κ2) is 8.94. The van der Waals surface area contributed by atoms with Crippen LogP contribution in [0.4, 0.5) is 0 Å². The van der Waals surface area contributed by atoms with Gasteiger partial charge >= 0.3 is 0 Å². The average Bonchev–Trinajstić information content (AvgIpc) is 3.12. The fourth-order valence-electron chi connectivity index (χ4n) is 4.71. The summed E-state index contributed by atoms with van der Waals surface area (Å²) in [5.74, 6) is 0.974. The summed E-state index contributed by atoms with van der Waals surface area (Å²) in [7, 11) is 1.86. The number of likely N-dealkylation sites (tertiary alicyclic amines) is 1. The molecule has 3 aliphatic heterocycles. The van der Waals surface area contributed by atoms with E-state index in [0.29, 0.717) is 6.54 Å². The molecule has 1 aromatic carbocycles. The van der Waals surface area contributed by atoms with Gasteiger partial charge in [0.25, 0.3) is 5.91 Å². The van der Waals surface area contributed by atoms with Crippen LogP contribution < -0.4 is 4.74 Å². The highest BCUT2D eigenvalue weighted by molar-refractivity contribution is 5.78. The minimum Gasteiger partial charge on any atom is -0.484 e. The number of hydrogen-bond acceptors (Lipinski definition) is 5. The van der Waals surface area contributed by atoms with E-state index in [1.165, 1.54) is 5.56 Å². The predicted molar refractivity (Wildman–Crippen MR) is 113 cm³/mol. The molecule has 164 valence electrons. The summed E-state index contributed by atoms with van der Waals surface area (Å²) in [6, 6.07) is 7.77. The number of rotatable bonds is 5. The normalized spacial score (nSPS) is 24.5. The van der Waals surface area contributed by atoms with Gasteiger partial charge in [0.15, 0.2) is 6.61 Å². The van der Waals surface area contributed by atoms with Gasteiger partial charge in [-0.25, -0.2) is 0 Å². The Morgan fingerprint density at radius 2 is 1.90 bits per heavy atom. The van der Waals surface area contributed by atoms with Gasteiger partial charge in [-0.15, -0.1) is 0 Å². The molecule has 0 unspecified atom stereocenters. The summed E-state index contributed by atoms with van der Waals surface area (Å²) in [6.07, 6.45) is 3.16. The third kappa shape index (κ3) is 4.95. The quantitative estimate of drug-likeness (QED) is 0.730. The Labute approximate surface area is 178 Å². The van der Waals surface area contributed by atoms with Gasteiger partial charge in [0.05, 0.1) is 19.3 Å². The number of piperazine rings is 1. The summed E-state index contributed by atoms with van der Waals surface area (Å²) in [6.45, 7) is 7.43. The number of amides is 2. The van der Waals surface area contributed by atoms with Gasteiger partial charge in [0, 0.05) is 39.8 Å². The standard InChI is InChI=1S/C23H33N3O4/c1-18-3-5-19(6-4-18)29-16-22(28)26-9-7-23(8-10-26)13-20(30-17-23)14-25-12-11-24(2)21(27)15-25/h3-6,20H,7-17H2,1-2H3/t20-/m1/s1. The van der Waals surface area contributed by atoms with Crippen LogP contribution >= 0.6 is 0 Å². The largest absolute Gasteiger partial charge is 0.484 e. The zero-order valence-electron chi connectivity index (χ0n) is 18.1. The SMILES string of the molecule is Cc1ccc(OCC(=O)N2CCC3(CC2)CO[C@@H](CN2CCN(C)C(=O)C2)C3)cc1. The molecule has 0 aromatic heterocycles. The maximum absolute atomic E-state index is 12.6. The van der Waals surface area contributed by atoms with Crippen molar-refractivity contribution < 1.29 is 19.1 Å². The van der Waals surface area contributed by atoms with E-state index in [1.54, 1.807) is 4.90 Å². The number of hydrogen-bond donors (Lipinski definition) is 0. The molecule has 0 saturated carbocycles. The summed E-state index contributed by atoms with van der Waals surface area (Å²) >= 11 is 0. The summed E-state index contributed by atoms with van der Waals surface area (Å²) in [4.78, 5) is 30.4. The lowest BCUT2D eigenvalue weighted by Crippen LogP contribution is -2.50. The maximum atomic E-state index is 12.6. The van der Waals surface area contributed by atoms with Crippen LogP contribution in [-0.4, -0.2) is 92.1 Å². The van der Waals surface area contributed by atoms with Gasteiger partial charge in [0.2, 0.25) is 5.91 Å². The van der Waals surface area contributed by atoms with Crippen LogP contribution in [0.3, 0.4) is 0 Å². The Morgan fingerprint density at radius 3 is 2.60 bits per heavy atom. The van der Waals surface area contributed by atoms with Crippen molar-refractivity contribution in [2.45, 2.75) is 32.3 Å². The van der Waals surface area contributed by atoms with Crippen molar-refractivity contribution in [1.82, 2.24) is 14.7 Å². The first-order valence-corrected chi connectivity index (χ1v) is 11.0. The minimum atomic E-state index is 0.0526. The molecule has 1 aromatic rings. The maximum Gasteiger partial charge on any atom is 0.260 e. The van der Waals surface area contributed by atoms with E-state index in [4.69, 9.17) is 9.47 Å². The number of carbonyl (C=O) groups is 2. The molecule has 0 aliphatic carbocycles. The number of nitrogens with zero attached hydrogens (tertiary/aromatic N) is 3. The lowest BCUT2D eigenvalue weighted by Gasteiger charge is -2.38. The van der Waals surface area contributed by atoms with Gasteiger partial charge in [-0.3, -0.25) is 14.5 Å². The van der Waals surface area contributed by atoms with E-state index in [1.807, 2.05) is 43.1 Å². The first-order chi connectivity index (χ1) is 14.4. The van der Waals surface area contributed by atoms with Gasteiger partial charge in [0.1, 0.15) is 5.75 Å². The van der Waals surface area contributed by atoms with Crippen LogP contribution in [0.15, 0.2) is 24.3 Å². The van der Waals surface area contributed by atoms with Crippen LogP contribution in [0.25, 0.3) is 0 Å². The smallest absolute Gasteiger partial charge is 0.260 e. The summed E-state index contributed by atoms with van der Waals surface area (Å²) in [5, 5.41) is 0. The number of piperidine rings is 1. The molecule has 2 amide bonds. The van der Waals surface area contributed by atoms with Crippen LogP contribution in [-0.2, 0) is 14.3 Å². The zero-order valence-corrected chi connectivity index (χ0v) is 18.1. The summed E-state index contributed by atoms with van der Waals surface area (Å²) < 4.78 is 11.8. The van der Waals surface area contributed by atoms with Crippen molar-refractivity contribution >= 4 is 11.8 Å². The first-order valence-electron chi connectivity index (χ1n) is 11.0. The monoisotopic (exact) mass is 415 g/mol.